The third-order valence-corrected chi connectivity index (χ3v) is 8.61. The fraction of sp³-hybridized carbons (Fsp3) is 0.800. The lowest BCUT2D eigenvalue weighted by atomic mass is 9.55. The van der Waals surface area contributed by atoms with Crippen LogP contribution in [0.25, 0.3) is 0 Å². The van der Waals surface area contributed by atoms with E-state index in [1.54, 1.807) is 13.8 Å². The van der Waals surface area contributed by atoms with Crippen molar-refractivity contribution in [1.82, 2.24) is 0 Å². The van der Waals surface area contributed by atoms with Crippen LogP contribution in [0, 0.1) is 17.8 Å². The first-order chi connectivity index (χ1) is 12.5. The van der Waals surface area contributed by atoms with Crippen LogP contribution in [0.5, 0.6) is 0 Å². The second-order valence-corrected chi connectivity index (χ2v) is 9.96. The zero-order chi connectivity index (χ0) is 19.4. The van der Waals surface area contributed by atoms with E-state index < -0.39 is 46.0 Å². The average Bonchev–Trinajstić information content (AvgIpc) is 3.22. The van der Waals surface area contributed by atoms with Crippen LogP contribution in [0.15, 0.2) is 11.3 Å². The van der Waals surface area contributed by atoms with E-state index in [-0.39, 0.29) is 35.4 Å². The predicted octanol–water partition coefficient (Wildman–Crippen LogP) is 1.18. The van der Waals surface area contributed by atoms with Crippen molar-refractivity contribution in [3.8, 4) is 0 Å². The van der Waals surface area contributed by atoms with E-state index in [1.165, 1.54) is 0 Å². The number of rotatable bonds is 0. The van der Waals surface area contributed by atoms with Crippen LogP contribution in [0.2, 0.25) is 0 Å². The Balaban J connectivity index is 1.72. The van der Waals surface area contributed by atoms with Crippen molar-refractivity contribution >= 4 is 11.8 Å². The molecule has 6 fully saturated rings. The van der Waals surface area contributed by atoms with Gasteiger partial charge in [-0.2, -0.15) is 0 Å². The van der Waals surface area contributed by atoms with Gasteiger partial charge in [-0.25, -0.2) is 4.79 Å². The molecule has 2 N–H and O–H groups in total. The molecule has 0 amide bonds. The molecule has 4 saturated heterocycles. The summed E-state index contributed by atoms with van der Waals surface area (Å²) in [5.41, 5.74) is -5.79. The summed E-state index contributed by atoms with van der Waals surface area (Å²) in [5, 5.41) is 22.2. The van der Waals surface area contributed by atoms with Gasteiger partial charge in [0.05, 0.1) is 11.5 Å². The minimum absolute atomic E-state index is 0.0199. The Morgan fingerprint density at radius 3 is 2.56 bits per heavy atom. The van der Waals surface area contributed by atoms with Gasteiger partial charge in [0, 0.05) is 18.3 Å². The summed E-state index contributed by atoms with van der Waals surface area (Å²) in [6.45, 7) is 7.12. The van der Waals surface area contributed by atoms with Gasteiger partial charge >= 0.3 is 5.97 Å². The number of fused-ring (bicyclic) bond motifs is 1. The maximum atomic E-state index is 13.4. The van der Waals surface area contributed by atoms with E-state index in [0.29, 0.717) is 12.8 Å². The van der Waals surface area contributed by atoms with Gasteiger partial charge in [-0.1, -0.05) is 13.8 Å². The second-order valence-electron chi connectivity index (χ2n) is 9.96. The van der Waals surface area contributed by atoms with Crippen LogP contribution in [-0.4, -0.2) is 56.1 Å². The van der Waals surface area contributed by atoms with Crippen LogP contribution >= 0.6 is 0 Å². The molecule has 0 aromatic rings. The molecule has 3 spiro atoms. The standard InChI is InChI=1S/C20H24O7/c1-8-5-9(2)13(22)11-14(23)25-19-7-16(3,24)17(4)15-18(19,26-15)6-10(12(8)21)20(11,19)27-17/h8-10,15,22,24H,5-7H2,1-4H3/b13-11-/t8-,9-,10-,15+,16+,17-,18+,19+,20+/m0/s1. The molecule has 9 atom stereocenters. The number of hydrogen-bond acceptors (Lipinski definition) is 7. The van der Waals surface area contributed by atoms with Crippen LogP contribution in [0.1, 0.15) is 47.0 Å². The molecule has 7 aliphatic rings. The van der Waals surface area contributed by atoms with Crippen molar-refractivity contribution < 1.29 is 34.0 Å². The van der Waals surface area contributed by atoms with Crippen molar-refractivity contribution in [2.75, 3.05) is 0 Å². The third-order valence-electron chi connectivity index (χ3n) is 8.61. The molecule has 4 bridgehead atoms. The lowest BCUT2D eigenvalue weighted by Crippen LogP contribution is -2.80. The highest BCUT2D eigenvalue weighted by Gasteiger charge is 3.00. The van der Waals surface area contributed by atoms with Crippen LogP contribution in [-0.2, 0) is 23.8 Å². The molecule has 0 unspecified atom stereocenters. The average molecular weight is 376 g/mol. The lowest BCUT2D eigenvalue weighted by Gasteiger charge is -2.61. The minimum atomic E-state index is -1.39. The Kier molecular flexibility index (Phi) is 2.43. The van der Waals surface area contributed by atoms with Crippen molar-refractivity contribution in [2.24, 2.45) is 17.8 Å². The van der Waals surface area contributed by atoms with E-state index in [2.05, 4.69) is 0 Å². The number of aliphatic hydroxyl groups is 2. The Morgan fingerprint density at radius 1 is 1.15 bits per heavy atom. The number of ether oxygens (including phenoxy) is 3. The third kappa shape index (κ3) is 1.29. The maximum Gasteiger partial charge on any atom is 0.341 e. The van der Waals surface area contributed by atoms with Gasteiger partial charge in [-0.15, -0.1) is 0 Å². The van der Waals surface area contributed by atoms with Crippen molar-refractivity contribution in [3.63, 3.8) is 0 Å². The van der Waals surface area contributed by atoms with Crippen LogP contribution < -0.4 is 0 Å². The molecule has 7 rings (SSSR count). The molecule has 4 heterocycles. The smallest absolute Gasteiger partial charge is 0.341 e. The number of carbonyl (C=O) groups excluding carboxylic acids is 2. The number of esters is 1. The Morgan fingerprint density at radius 2 is 1.85 bits per heavy atom. The number of epoxide rings is 1. The topological polar surface area (TPSA) is 106 Å². The first-order valence-electron chi connectivity index (χ1n) is 9.78. The Bertz CT molecular complexity index is 876. The Hall–Kier alpha value is -1.44. The molecule has 2 saturated carbocycles. The molecule has 27 heavy (non-hydrogen) atoms. The van der Waals surface area contributed by atoms with Gasteiger partial charge in [-0.3, -0.25) is 4.79 Å². The first kappa shape index (κ1) is 16.5. The van der Waals surface area contributed by atoms with Gasteiger partial charge in [0.25, 0.3) is 0 Å². The minimum Gasteiger partial charge on any atom is -0.511 e. The van der Waals surface area contributed by atoms with Crippen LogP contribution in [0.3, 0.4) is 0 Å². The summed E-state index contributed by atoms with van der Waals surface area (Å²) in [6.07, 6.45) is 0.544. The summed E-state index contributed by atoms with van der Waals surface area (Å²) in [4.78, 5) is 26.5. The Labute approximate surface area is 156 Å². The molecular formula is C20H24O7. The summed E-state index contributed by atoms with van der Waals surface area (Å²) >= 11 is 0. The lowest BCUT2D eigenvalue weighted by molar-refractivity contribution is -0.331. The highest BCUT2D eigenvalue weighted by Crippen LogP contribution is 2.82. The molecule has 3 aliphatic carbocycles. The predicted molar refractivity (Wildman–Crippen MR) is 89.6 cm³/mol. The van der Waals surface area contributed by atoms with Gasteiger partial charge in [0.15, 0.2) is 11.2 Å². The molecule has 146 valence electrons. The monoisotopic (exact) mass is 376 g/mol. The largest absolute Gasteiger partial charge is 0.511 e. The number of Topliss-reactive ketones (excluding diaryl/α,β-unsaturated/α-hetero) is 1. The summed E-state index contributed by atoms with van der Waals surface area (Å²) < 4.78 is 18.7. The number of carbonyl (C=O) groups is 2. The fourth-order valence-electron chi connectivity index (χ4n) is 7.21. The number of aliphatic hydroxyl groups excluding tert-OH is 1. The van der Waals surface area contributed by atoms with E-state index in [1.807, 2.05) is 13.8 Å². The zero-order valence-corrected chi connectivity index (χ0v) is 15.9. The molecule has 4 aliphatic heterocycles. The highest BCUT2D eigenvalue weighted by molar-refractivity contribution is 6.00. The maximum absolute atomic E-state index is 13.4. The molecule has 0 aromatic heterocycles. The summed E-state index contributed by atoms with van der Waals surface area (Å²) in [6, 6.07) is 0. The first-order valence-corrected chi connectivity index (χ1v) is 9.78. The summed E-state index contributed by atoms with van der Waals surface area (Å²) in [7, 11) is 0. The molecule has 0 radical (unpaired) electrons. The molecule has 7 heteroatoms. The van der Waals surface area contributed by atoms with E-state index in [4.69, 9.17) is 14.2 Å². The SMILES string of the molecule is C[C@H]1C[C@H](C)/C(O)=C2\C(=O)O[C@@]34C[C@@](C)(O)[C@@]5(C)O[C@]23[C@@H](C[C@]42O[C@H]52)C1=O. The van der Waals surface area contributed by atoms with E-state index in [0.717, 1.165) is 0 Å². The van der Waals surface area contributed by atoms with Gasteiger partial charge in [0.2, 0.25) is 0 Å². The van der Waals surface area contributed by atoms with Gasteiger partial charge in [0.1, 0.15) is 34.4 Å². The van der Waals surface area contributed by atoms with Crippen LogP contribution in [0.4, 0.5) is 0 Å². The van der Waals surface area contributed by atoms with Gasteiger partial charge < -0.3 is 24.4 Å². The number of ketones is 1. The molecule has 7 nitrogen and oxygen atoms in total. The second kappa shape index (κ2) is 3.98. The van der Waals surface area contributed by atoms with Crippen molar-refractivity contribution in [1.29, 1.82) is 0 Å². The quantitative estimate of drug-likeness (QED) is 0.483. The summed E-state index contributed by atoms with van der Waals surface area (Å²) in [5.74, 6) is -1.95. The highest BCUT2D eigenvalue weighted by atomic mass is 16.7. The number of hydrogen-bond donors (Lipinski definition) is 2. The van der Waals surface area contributed by atoms with E-state index >= 15 is 0 Å². The molecular weight excluding hydrogens is 352 g/mol. The van der Waals surface area contributed by atoms with E-state index in [9.17, 15) is 19.8 Å². The van der Waals surface area contributed by atoms with Crippen molar-refractivity contribution in [2.45, 2.75) is 81.1 Å². The van der Waals surface area contributed by atoms with Crippen molar-refractivity contribution in [3.05, 3.63) is 11.3 Å². The van der Waals surface area contributed by atoms with Gasteiger partial charge in [-0.05, 0) is 26.7 Å². The fourth-order valence-corrected chi connectivity index (χ4v) is 7.21. The molecule has 0 aromatic carbocycles. The zero-order valence-electron chi connectivity index (χ0n) is 15.9. The number of allylic oxidation sites excluding steroid dienone is 1. The normalized spacial score (nSPS) is 65.4.